The molecule has 1 aromatic heterocycles. The highest BCUT2D eigenvalue weighted by molar-refractivity contribution is 5.75. The molecule has 0 radical (unpaired) electrons. The third kappa shape index (κ3) is 3.54. The molecule has 18 heavy (non-hydrogen) atoms. The van der Waals surface area contributed by atoms with E-state index in [0.717, 1.165) is 0 Å². The number of esters is 1. The standard InChI is InChI=1S/C11H17N3O4/c1-7-12-8(9(13-7)14(16)17)5-6-18-10(15)11(2,3)4/h5-6H2,1-4H3,(H,12,13). The number of rotatable bonds is 4. The van der Waals surface area contributed by atoms with Gasteiger partial charge in [-0.3, -0.25) is 4.79 Å². The maximum absolute atomic E-state index is 11.5. The fourth-order valence-corrected chi connectivity index (χ4v) is 1.31. The van der Waals surface area contributed by atoms with Crippen molar-refractivity contribution in [3.05, 3.63) is 21.6 Å². The lowest BCUT2D eigenvalue weighted by molar-refractivity contribution is -0.390. The molecule has 0 atom stereocenters. The molecule has 0 aliphatic heterocycles. The molecular weight excluding hydrogens is 238 g/mol. The van der Waals surface area contributed by atoms with Crippen LogP contribution in [0.15, 0.2) is 0 Å². The molecular formula is C11H17N3O4. The SMILES string of the molecule is Cc1nc(CCOC(=O)C(C)(C)C)c([N+](=O)[O-])[nH]1. The van der Waals surface area contributed by atoms with Gasteiger partial charge in [0, 0.05) is 13.3 Å². The Kier molecular flexibility index (Phi) is 4.05. The summed E-state index contributed by atoms with van der Waals surface area (Å²) in [6.45, 7) is 6.96. The molecule has 0 amide bonds. The van der Waals surface area contributed by atoms with Crippen LogP contribution in [-0.4, -0.2) is 27.5 Å². The van der Waals surface area contributed by atoms with Gasteiger partial charge in [-0.2, -0.15) is 0 Å². The molecule has 0 fully saturated rings. The van der Waals surface area contributed by atoms with Gasteiger partial charge in [0.15, 0.2) is 5.82 Å². The summed E-state index contributed by atoms with van der Waals surface area (Å²) in [4.78, 5) is 28.2. The van der Waals surface area contributed by atoms with E-state index in [1.807, 2.05) is 0 Å². The number of hydrogen-bond donors (Lipinski definition) is 1. The summed E-state index contributed by atoms with van der Waals surface area (Å²) in [5.74, 6) is -0.00411. The van der Waals surface area contributed by atoms with Gasteiger partial charge in [-0.05, 0) is 25.7 Å². The molecule has 1 heterocycles. The molecule has 7 heteroatoms. The molecule has 0 unspecified atom stereocenters. The van der Waals surface area contributed by atoms with Crippen molar-refractivity contribution in [2.45, 2.75) is 34.1 Å². The Morgan fingerprint density at radius 2 is 2.11 bits per heavy atom. The predicted octanol–water partition coefficient (Wildman–Crippen LogP) is 1.76. The molecule has 1 aromatic rings. The van der Waals surface area contributed by atoms with Gasteiger partial charge in [0.05, 0.1) is 12.0 Å². The average molecular weight is 255 g/mol. The smallest absolute Gasteiger partial charge is 0.344 e. The molecule has 0 saturated carbocycles. The van der Waals surface area contributed by atoms with E-state index in [1.54, 1.807) is 27.7 Å². The summed E-state index contributed by atoms with van der Waals surface area (Å²) in [7, 11) is 0. The van der Waals surface area contributed by atoms with E-state index in [1.165, 1.54) is 0 Å². The summed E-state index contributed by atoms with van der Waals surface area (Å²) in [6, 6.07) is 0. The van der Waals surface area contributed by atoms with Crippen molar-refractivity contribution < 1.29 is 14.5 Å². The zero-order valence-electron chi connectivity index (χ0n) is 10.9. The van der Waals surface area contributed by atoms with Crippen LogP contribution in [0.2, 0.25) is 0 Å². The average Bonchev–Trinajstić information content (AvgIpc) is 2.58. The first kappa shape index (κ1) is 14.1. The number of nitrogens with zero attached hydrogens (tertiary/aromatic N) is 2. The Morgan fingerprint density at radius 3 is 2.61 bits per heavy atom. The van der Waals surface area contributed by atoms with Gasteiger partial charge in [-0.1, -0.05) is 0 Å². The van der Waals surface area contributed by atoms with Crippen molar-refractivity contribution >= 4 is 11.8 Å². The second kappa shape index (κ2) is 5.16. The van der Waals surface area contributed by atoms with E-state index in [4.69, 9.17) is 4.74 Å². The minimum Gasteiger partial charge on any atom is -0.465 e. The third-order valence-corrected chi connectivity index (χ3v) is 2.24. The van der Waals surface area contributed by atoms with Gasteiger partial charge in [0.25, 0.3) is 0 Å². The first-order chi connectivity index (χ1) is 8.21. The quantitative estimate of drug-likeness (QED) is 0.502. The lowest BCUT2D eigenvalue weighted by Crippen LogP contribution is -2.23. The number of aromatic amines is 1. The first-order valence-electron chi connectivity index (χ1n) is 5.59. The van der Waals surface area contributed by atoms with Gasteiger partial charge in [0.1, 0.15) is 5.69 Å². The fraction of sp³-hybridized carbons (Fsp3) is 0.636. The zero-order chi connectivity index (χ0) is 13.9. The minimum atomic E-state index is -0.576. The van der Waals surface area contributed by atoms with Gasteiger partial charge in [0.2, 0.25) is 0 Å². The van der Waals surface area contributed by atoms with Crippen molar-refractivity contribution in [1.82, 2.24) is 9.97 Å². The maximum atomic E-state index is 11.5. The molecule has 7 nitrogen and oxygen atoms in total. The molecule has 1 N–H and O–H groups in total. The van der Waals surface area contributed by atoms with Crippen molar-refractivity contribution in [2.75, 3.05) is 6.61 Å². The Morgan fingerprint density at radius 1 is 1.50 bits per heavy atom. The number of carbonyl (C=O) groups excluding carboxylic acids is 1. The Labute approximate surface area is 105 Å². The van der Waals surface area contributed by atoms with E-state index >= 15 is 0 Å². The Bertz CT molecular complexity index is 459. The normalized spacial score (nSPS) is 11.3. The molecule has 0 bridgehead atoms. The van der Waals surface area contributed by atoms with Crippen LogP contribution < -0.4 is 0 Å². The highest BCUT2D eigenvalue weighted by Crippen LogP contribution is 2.17. The van der Waals surface area contributed by atoms with Gasteiger partial charge < -0.3 is 14.9 Å². The molecule has 100 valence electrons. The van der Waals surface area contributed by atoms with Crippen LogP contribution in [0.4, 0.5) is 5.82 Å². The number of carbonyl (C=O) groups is 1. The summed E-state index contributed by atoms with van der Waals surface area (Å²) >= 11 is 0. The van der Waals surface area contributed by atoms with Crippen LogP contribution >= 0.6 is 0 Å². The number of nitrogens with one attached hydrogen (secondary N) is 1. The number of ether oxygens (including phenoxy) is 1. The summed E-state index contributed by atoms with van der Waals surface area (Å²) < 4.78 is 5.04. The minimum absolute atomic E-state index is 0.0846. The number of imidazole rings is 1. The van der Waals surface area contributed by atoms with Gasteiger partial charge in [-0.15, -0.1) is 0 Å². The highest BCUT2D eigenvalue weighted by Gasteiger charge is 2.24. The molecule has 0 aliphatic carbocycles. The number of H-pyrrole nitrogens is 1. The molecule has 0 saturated heterocycles. The lowest BCUT2D eigenvalue weighted by atomic mass is 9.97. The second-order valence-electron chi connectivity index (χ2n) is 5.01. The van der Waals surface area contributed by atoms with Crippen LogP contribution in [-0.2, 0) is 16.0 Å². The van der Waals surface area contributed by atoms with Crippen molar-refractivity contribution in [1.29, 1.82) is 0 Å². The van der Waals surface area contributed by atoms with E-state index < -0.39 is 10.3 Å². The van der Waals surface area contributed by atoms with E-state index in [-0.39, 0.29) is 24.8 Å². The van der Waals surface area contributed by atoms with Crippen LogP contribution in [0.1, 0.15) is 32.3 Å². The van der Waals surface area contributed by atoms with Crippen molar-refractivity contribution in [3.63, 3.8) is 0 Å². The molecule has 0 aliphatic rings. The summed E-state index contributed by atoms with van der Waals surface area (Å²) in [5.41, 5.74) is -0.271. The van der Waals surface area contributed by atoms with E-state index in [2.05, 4.69) is 9.97 Å². The van der Waals surface area contributed by atoms with Crippen molar-refractivity contribution in [3.8, 4) is 0 Å². The molecule has 1 rings (SSSR count). The third-order valence-electron chi connectivity index (χ3n) is 2.24. The largest absolute Gasteiger partial charge is 0.465 e. The van der Waals surface area contributed by atoms with Crippen LogP contribution in [0.5, 0.6) is 0 Å². The second-order valence-corrected chi connectivity index (χ2v) is 5.01. The van der Waals surface area contributed by atoms with Crippen LogP contribution in [0.3, 0.4) is 0 Å². The predicted molar refractivity (Wildman–Crippen MR) is 64.1 cm³/mol. The van der Waals surface area contributed by atoms with Crippen LogP contribution in [0, 0.1) is 22.5 Å². The Balaban J connectivity index is 2.60. The van der Waals surface area contributed by atoms with Crippen molar-refractivity contribution in [2.24, 2.45) is 5.41 Å². The van der Waals surface area contributed by atoms with Gasteiger partial charge >= 0.3 is 11.8 Å². The number of aromatic nitrogens is 2. The van der Waals surface area contributed by atoms with E-state index in [9.17, 15) is 14.9 Å². The van der Waals surface area contributed by atoms with Gasteiger partial charge in [-0.25, -0.2) is 9.97 Å². The van der Waals surface area contributed by atoms with E-state index in [0.29, 0.717) is 11.5 Å². The maximum Gasteiger partial charge on any atom is 0.344 e. The monoisotopic (exact) mass is 255 g/mol. The number of aryl methyl sites for hydroxylation is 1. The highest BCUT2D eigenvalue weighted by atomic mass is 16.6. The lowest BCUT2D eigenvalue weighted by Gasteiger charge is -2.16. The number of nitro groups is 1. The molecule has 0 spiro atoms. The first-order valence-corrected chi connectivity index (χ1v) is 5.59. The summed E-state index contributed by atoms with van der Waals surface area (Å²) in [5, 5.41) is 10.7. The topological polar surface area (TPSA) is 98.1 Å². The number of hydrogen-bond acceptors (Lipinski definition) is 5. The Hall–Kier alpha value is -1.92. The van der Waals surface area contributed by atoms with Crippen LogP contribution in [0.25, 0.3) is 0 Å². The molecule has 0 aromatic carbocycles. The fourth-order valence-electron chi connectivity index (χ4n) is 1.31. The zero-order valence-corrected chi connectivity index (χ0v) is 10.9. The summed E-state index contributed by atoms with van der Waals surface area (Å²) in [6.07, 6.45) is 0.225.